The number of rotatable bonds is 4. The van der Waals surface area contributed by atoms with E-state index in [9.17, 15) is 0 Å². The molecule has 0 atom stereocenters. The van der Waals surface area contributed by atoms with Gasteiger partial charge in [0.2, 0.25) is 0 Å². The van der Waals surface area contributed by atoms with E-state index in [0.717, 1.165) is 23.5 Å². The Morgan fingerprint density at radius 2 is 1.94 bits per heavy atom. The predicted octanol–water partition coefficient (Wildman–Crippen LogP) is 3.16. The number of aromatic nitrogens is 2. The fraction of sp³-hybridized carbons (Fsp3) is 0.286. The van der Waals surface area contributed by atoms with Crippen LogP contribution in [0.5, 0.6) is 0 Å². The highest BCUT2D eigenvalue weighted by atomic mass is 35.5. The zero-order valence-corrected chi connectivity index (χ0v) is 11.4. The largest absolute Gasteiger partial charge is 0.355 e. The molecular weight excluding hydrogens is 246 g/mol. The van der Waals surface area contributed by atoms with Crippen LogP contribution in [0.25, 0.3) is 0 Å². The fourth-order valence-electron chi connectivity index (χ4n) is 1.94. The average Bonchev–Trinajstić information content (AvgIpc) is 2.39. The summed E-state index contributed by atoms with van der Waals surface area (Å²) < 4.78 is 0. The first kappa shape index (κ1) is 12.8. The van der Waals surface area contributed by atoms with Crippen molar-refractivity contribution >= 4 is 17.4 Å². The van der Waals surface area contributed by atoms with Crippen LogP contribution < -0.4 is 4.90 Å². The molecule has 0 spiro atoms. The van der Waals surface area contributed by atoms with Gasteiger partial charge in [0, 0.05) is 38.1 Å². The van der Waals surface area contributed by atoms with E-state index in [-0.39, 0.29) is 0 Å². The summed E-state index contributed by atoms with van der Waals surface area (Å²) in [5.41, 5.74) is 3.41. The third-order valence-corrected chi connectivity index (χ3v) is 3.10. The van der Waals surface area contributed by atoms with Crippen molar-refractivity contribution in [1.29, 1.82) is 0 Å². The summed E-state index contributed by atoms with van der Waals surface area (Å²) in [6.07, 6.45) is 5.44. The van der Waals surface area contributed by atoms with Crippen molar-refractivity contribution in [3.63, 3.8) is 0 Å². The molecule has 0 bridgehead atoms. The van der Waals surface area contributed by atoms with Gasteiger partial charge in [-0.3, -0.25) is 4.98 Å². The zero-order valence-electron chi connectivity index (χ0n) is 10.6. The molecule has 0 aliphatic heterocycles. The van der Waals surface area contributed by atoms with Crippen LogP contribution in [0.3, 0.4) is 0 Å². The van der Waals surface area contributed by atoms with Crippen LogP contribution in [0.15, 0.2) is 36.8 Å². The Kier molecular flexibility index (Phi) is 4.15. The van der Waals surface area contributed by atoms with Gasteiger partial charge in [-0.2, -0.15) is 0 Å². The maximum atomic E-state index is 5.80. The van der Waals surface area contributed by atoms with Gasteiger partial charge in [0.25, 0.3) is 0 Å². The Hall–Kier alpha value is -1.61. The van der Waals surface area contributed by atoms with Gasteiger partial charge in [0.05, 0.1) is 0 Å². The second-order valence-corrected chi connectivity index (χ2v) is 4.60. The Morgan fingerprint density at radius 1 is 1.22 bits per heavy atom. The molecule has 0 fully saturated rings. The molecule has 2 heterocycles. The first-order valence-electron chi connectivity index (χ1n) is 5.82. The molecule has 0 aliphatic carbocycles. The molecule has 4 heteroatoms. The Balaban J connectivity index is 2.16. The molecule has 2 aromatic heterocycles. The molecular formula is C14H16ClN3. The molecule has 94 valence electrons. The fourth-order valence-corrected chi connectivity index (χ4v) is 2.08. The number of aryl methyl sites for hydroxylation is 1. The highest BCUT2D eigenvalue weighted by Gasteiger charge is 2.07. The summed E-state index contributed by atoms with van der Waals surface area (Å²) >= 11 is 5.80. The van der Waals surface area contributed by atoms with Crippen LogP contribution in [-0.4, -0.2) is 17.0 Å². The maximum absolute atomic E-state index is 5.80. The highest BCUT2D eigenvalue weighted by Crippen LogP contribution is 2.19. The van der Waals surface area contributed by atoms with Crippen molar-refractivity contribution in [2.24, 2.45) is 0 Å². The lowest BCUT2D eigenvalue weighted by molar-refractivity contribution is 0.886. The first-order valence-corrected chi connectivity index (χ1v) is 6.35. The highest BCUT2D eigenvalue weighted by molar-refractivity contribution is 6.17. The number of pyridine rings is 2. The van der Waals surface area contributed by atoms with Gasteiger partial charge in [-0.05, 0) is 41.8 Å². The average molecular weight is 262 g/mol. The summed E-state index contributed by atoms with van der Waals surface area (Å²) in [6, 6.07) is 6.11. The zero-order chi connectivity index (χ0) is 13.0. The van der Waals surface area contributed by atoms with E-state index in [1.807, 2.05) is 25.4 Å². The number of hydrogen-bond donors (Lipinski definition) is 0. The molecule has 0 saturated carbocycles. The van der Waals surface area contributed by atoms with E-state index < -0.39 is 0 Å². The molecule has 0 N–H and O–H groups in total. The summed E-state index contributed by atoms with van der Waals surface area (Å²) in [5, 5.41) is 0. The molecule has 0 aliphatic rings. The summed E-state index contributed by atoms with van der Waals surface area (Å²) in [4.78, 5) is 10.6. The summed E-state index contributed by atoms with van der Waals surface area (Å²) in [7, 11) is 2.04. The molecule has 0 unspecified atom stereocenters. The summed E-state index contributed by atoms with van der Waals surface area (Å²) in [5.74, 6) is 1.49. The minimum Gasteiger partial charge on any atom is -0.355 e. The van der Waals surface area contributed by atoms with E-state index in [1.54, 1.807) is 12.4 Å². The Bertz CT molecular complexity index is 514. The quantitative estimate of drug-likeness (QED) is 0.792. The minimum atomic E-state index is 0.502. The number of halogens is 1. The molecule has 0 amide bonds. The van der Waals surface area contributed by atoms with E-state index in [4.69, 9.17) is 11.6 Å². The van der Waals surface area contributed by atoms with Gasteiger partial charge in [-0.15, -0.1) is 11.6 Å². The number of alkyl halides is 1. The van der Waals surface area contributed by atoms with Gasteiger partial charge in [0.1, 0.15) is 5.82 Å². The Labute approximate surface area is 112 Å². The third kappa shape index (κ3) is 2.99. The lowest BCUT2D eigenvalue weighted by Gasteiger charge is -2.20. The van der Waals surface area contributed by atoms with E-state index >= 15 is 0 Å². The number of nitrogens with zero attached hydrogens (tertiary/aromatic N) is 3. The van der Waals surface area contributed by atoms with Gasteiger partial charge < -0.3 is 4.90 Å². The molecule has 0 aromatic carbocycles. The van der Waals surface area contributed by atoms with Crippen molar-refractivity contribution in [1.82, 2.24) is 9.97 Å². The van der Waals surface area contributed by atoms with Crippen LogP contribution in [0.2, 0.25) is 0 Å². The van der Waals surface area contributed by atoms with Crippen LogP contribution >= 0.6 is 11.6 Å². The van der Waals surface area contributed by atoms with Gasteiger partial charge >= 0.3 is 0 Å². The first-order chi connectivity index (χ1) is 8.70. The van der Waals surface area contributed by atoms with Gasteiger partial charge in [-0.1, -0.05) is 0 Å². The second kappa shape index (κ2) is 5.83. The molecule has 0 radical (unpaired) electrons. The van der Waals surface area contributed by atoms with Crippen LogP contribution in [0.1, 0.15) is 16.7 Å². The van der Waals surface area contributed by atoms with E-state index in [0.29, 0.717) is 5.88 Å². The normalized spacial score (nSPS) is 10.4. The lowest BCUT2D eigenvalue weighted by Crippen LogP contribution is -2.18. The monoisotopic (exact) mass is 261 g/mol. The molecule has 18 heavy (non-hydrogen) atoms. The van der Waals surface area contributed by atoms with Crippen molar-refractivity contribution in [2.45, 2.75) is 19.3 Å². The molecule has 3 nitrogen and oxygen atoms in total. The molecule has 0 saturated heterocycles. The van der Waals surface area contributed by atoms with Gasteiger partial charge in [0.15, 0.2) is 0 Å². The Morgan fingerprint density at radius 3 is 2.56 bits per heavy atom. The maximum Gasteiger partial charge on any atom is 0.131 e. The number of hydrogen-bond acceptors (Lipinski definition) is 3. The van der Waals surface area contributed by atoms with Crippen molar-refractivity contribution in [2.75, 3.05) is 11.9 Å². The lowest BCUT2D eigenvalue weighted by atomic mass is 10.2. The minimum absolute atomic E-state index is 0.502. The van der Waals surface area contributed by atoms with Crippen LogP contribution in [-0.2, 0) is 12.4 Å². The predicted molar refractivity (Wildman–Crippen MR) is 74.9 cm³/mol. The smallest absolute Gasteiger partial charge is 0.131 e. The van der Waals surface area contributed by atoms with Crippen molar-refractivity contribution in [3.8, 4) is 0 Å². The third-order valence-electron chi connectivity index (χ3n) is 2.79. The van der Waals surface area contributed by atoms with E-state index in [1.165, 1.54) is 5.56 Å². The molecule has 2 aromatic rings. The SMILES string of the molecule is Cc1cc(CCl)cnc1N(C)Cc1ccncc1. The standard InChI is InChI=1S/C14H16ClN3/c1-11-7-13(8-15)9-17-14(11)18(2)10-12-3-5-16-6-4-12/h3-7,9H,8,10H2,1-2H3. The van der Waals surface area contributed by atoms with Crippen molar-refractivity contribution < 1.29 is 0 Å². The number of anilines is 1. The van der Waals surface area contributed by atoms with Crippen LogP contribution in [0, 0.1) is 6.92 Å². The topological polar surface area (TPSA) is 29.0 Å². The van der Waals surface area contributed by atoms with Gasteiger partial charge in [-0.25, -0.2) is 4.98 Å². The second-order valence-electron chi connectivity index (χ2n) is 4.33. The molecule has 2 rings (SSSR count). The van der Waals surface area contributed by atoms with Crippen LogP contribution in [0.4, 0.5) is 5.82 Å². The van der Waals surface area contributed by atoms with Crippen molar-refractivity contribution in [3.05, 3.63) is 53.5 Å². The summed E-state index contributed by atoms with van der Waals surface area (Å²) in [6.45, 7) is 2.87. The van der Waals surface area contributed by atoms with E-state index in [2.05, 4.69) is 27.9 Å².